The van der Waals surface area contributed by atoms with E-state index >= 15 is 0 Å². The Labute approximate surface area is 195 Å². The van der Waals surface area contributed by atoms with E-state index in [1.165, 1.54) is 25.4 Å². The van der Waals surface area contributed by atoms with Crippen molar-refractivity contribution in [1.29, 1.82) is 0 Å². The van der Waals surface area contributed by atoms with Gasteiger partial charge in [0.15, 0.2) is 29.0 Å². The molecule has 7 nitrogen and oxygen atoms in total. The second kappa shape index (κ2) is 9.84. The monoisotopic (exact) mass is 487 g/mol. The van der Waals surface area contributed by atoms with Crippen LogP contribution in [0.25, 0.3) is 0 Å². The van der Waals surface area contributed by atoms with Gasteiger partial charge in [0.1, 0.15) is 23.9 Å². The predicted molar refractivity (Wildman–Crippen MR) is 115 cm³/mol. The Bertz CT molecular complexity index is 1400. The summed E-state index contributed by atoms with van der Waals surface area (Å²) < 4.78 is 66.3. The quantitative estimate of drug-likeness (QED) is 0.162. The summed E-state index contributed by atoms with van der Waals surface area (Å²) in [6, 6.07) is 9.79. The molecule has 1 N–H and O–H groups in total. The predicted octanol–water partition coefficient (Wildman–Crippen LogP) is 5.11. The number of hydrogen-bond acceptors (Lipinski definition) is 5. The normalized spacial score (nSPS) is 10.9. The van der Waals surface area contributed by atoms with Crippen LogP contribution in [-0.4, -0.2) is 21.5 Å². The molecular formula is C24H17F4N3O4. The number of carbonyl (C=O) groups is 2. The summed E-state index contributed by atoms with van der Waals surface area (Å²) in [4.78, 5) is 23.7. The van der Waals surface area contributed by atoms with Crippen LogP contribution in [0, 0.1) is 23.3 Å². The molecule has 2 heterocycles. The van der Waals surface area contributed by atoms with Gasteiger partial charge < -0.3 is 14.5 Å². The maximum absolute atomic E-state index is 13.9. The molecule has 2 aromatic carbocycles. The van der Waals surface area contributed by atoms with E-state index < -0.39 is 41.3 Å². The Morgan fingerprint density at radius 1 is 1.03 bits per heavy atom. The van der Waals surface area contributed by atoms with Gasteiger partial charge in [0.05, 0.1) is 18.4 Å². The number of furan rings is 1. The van der Waals surface area contributed by atoms with Gasteiger partial charge in [-0.1, -0.05) is 0 Å². The van der Waals surface area contributed by atoms with E-state index in [4.69, 9.17) is 9.15 Å². The Hall–Kier alpha value is -4.41. The van der Waals surface area contributed by atoms with Crippen molar-refractivity contribution >= 4 is 17.4 Å². The zero-order valence-corrected chi connectivity index (χ0v) is 18.1. The van der Waals surface area contributed by atoms with Crippen LogP contribution in [0.3, 0.4) is 0 Å². The number of benzene rings is 2. The van der Waals surface area contributed by atoms with Gasteiger partial charge in [-0.15, -0.1) is 0 Å². The van der Waals surface area contributed by atoms with Gasteiger partial charge in [-0.25, -0.2) is 17.6 Å². The van der Waals surface area contributed by atoms with Crippen molar-refractivity contribution in [3.8, 4) is 5.75 Å². The molecule has 180 valence electrons. The van der Waals surface area contributed by atoms with E-state index in [1.54, 1.807) is 30.3 Å². The highest BCUT2D eigenvalue weighted by Crippen LogP contribution is 2.21. The summed E-state index contributed by atoms with van der Waals surface area (Å²) in [5.41, 5.74) is 0.0207. The number of ether oxygens (including phenoxy) is 1. The minimum Gasteiger partial charge on any atom is -0.486 e. The molecule has 0 aliphatic carbocycles. The highest BCUT2D eigenvalue weighted by atomic mass is 19.2. The van der Waals surface area contributed by atoms with Crippen LogP contribution in [0.1, 0.15) is 39.2 Å². The van der Waals surface area contributed by atoms with Crippen molar-refractivity contribution in [3.05, 3.63) is 101 Å². The van der Waals surface area contributed by atoms with Gasteiger partial charge in [0, 0.05) is 23.4 Å². The number of anilines is 1. The van der Waals surface area contributed by atoms with Crippen LogP contribution in [0.5, 0.6) is 5.75 Å². The van der Waals surface area contributed by atoms with E-state index in [2.05, 4.69) is 10.4 Å². The van der Waals surface area contributed by atoms with E-state index in [0.717, 1.165) is 4.68 Å². The van der Waals surface area contributed by atoms with Gasteiger partial charge in [0.2, 0.25) is 0 Å². The zero-order chi connectivity index (χ0) is 25.1. The number of Topliss-reactive ketones (excluding diaryl/α,β-unsaturated/α-hetero) is 1. The van der Waals surface area contributed by atoms with Crippen LogP contribution >= 0.6 is 0 Å². The minimum absolute atomic E-state index is 0.0269. The van der Waals surface area contributed by atoms with Crippen molar-refractivity contribution in [3.63, 3.8) is 0 Å². The first-order chi connectivity index (χ1) is 16.7. The molecule has 0 bridgehead atoms. The minimum atomic E-state index is -1.78. The molecule has 4 aromatic rings. The van der Waals surface area contributed by atoms with Gasteiger partial charge in [-0.2, -0.15) is 5.10 Å². The maximum atomic E-state index is 13.9. The van der Waals surface area contributed by atoms with Crippen molar-refractivity contribution in [2.24, 2.45) is 0 Å². The van der Waals surface area contributed by atoms with Crippen molar-refractivity contribution in [2.45, 2.75) is 20.1 Å². The molecule has 2 aromatic heterocycles. The molecule has 1 amide bonds. The Kier molecular flexibility index (Phi) is 6.67. The lowest BCUT2D eigenvalue weighted by Crippen LogP contribution is -2.11. The molecule has 0 unspecified atom stereocenters. The molecule has 0 atom stereocenters. The highest BCUT2D eigenvalue weighted by molar-refractivity contribution is 6.02. The van der Waals surface area contributed by atoms with Crippen LogP contribution in [0.2, 0.25) is 0 Å². The number of ketones is 1. The fourth-order valence-electron chi connectivity index (χ4n) is 3.14. The first kappa shape index (κ1) is 23.7. The van der Waals surface area contributed by atoms with E-state index in [9.17, 15) is 27.2 Å². The summed E-state index contributed by atoms with van der Waals surface area (Å²) in [7, 11) is 0. The molecule has 0 fully saturated rings. The second-order valence-electron chi connectivity index (χ2n) is 7.46. The van der Waals surface area contributed by atoms with Gasteiger partial charge in [-0.05, 0) is 43.3 Å². The highest BCUT2D eigenvalue weighted by Gasteiger charge is 2.20. The Morgan fingerprint density at radius 3 is 2.49 bits per heavy atom. The SMILES string of the molecule is CC(=O)c1ccc(OCc2ccc(C(=O)Nc3cnn(Cc4c(F)cc(F)c(F)c4F)c3)o2)cc1. The molecule has 0 saturated carbocycles. The molecule has 0 aliphatic heterocycles. The summed E-state index contributed by atoms with van der Waals surface area (Å²) in [5.74, 6) is -6.16. The van der Waals surface area contributed by atoms with Crippen LogP contribution in [-0.2, 0) is 13.2 Å². The molecule has 0 saturated heterocycles. The fraction of sp³-hybridized carbons (Fsp3) is 0.125. The third kappa shape index (κ3) is 5.40. The Morgan fingerprint density at radius 2 is 1.77 bits per heavy atom. The molecule has 35 heavy (non-hydrogen) atoms. The third-order valence-electron chi connectivity index (χ3n) is 4.95. The number of aromatic nitrogens is 2. The van der Waals surface area contributed by atoms with Crippen molar-refractivity contribution < 1.29 is 36.3 Å². The first-order valence-corrected chi connectivity index (χ1v) is 10.2. The lowest BCUT2D eigenvalue weighted by atomic mass is 10.1. The van der Waals surface area contributed by atoms with E-state index in [1.807, 2.05) is 0 Å². The lowest BCUT2D eigenvalue weighted by Gasteiger charge is -2.07. The number of carbonyl (C=O) groups excluding carboxylic acids is 2. The maximum Gasteiger partial charge on any atom is 0.291 e. The second-order valence-corrected chi connectivity index (χ2v) is 7.46. The lowest BCUT2D eigenvalue weighted by molar-refractivity contribution is 0.0990. The molecule has 0 radical (unpaired) electrons. The van der Waals surface area contributed by atoms with Crippen LogP contribution in [0.15, 0.2) is 59.3 Å². The van der Waals surface area contributed by atoms with Gasteiger partial charge >= 0.3 is 0 Å². The summed E-state index contributed by atoms with van der Waals surface area (Å²) in [6.45, 7) is 0.971. The smallest absolute Gasteiger partial charge is 0.291 e. The van der Waals surface area contributed by atoms with Crippen molar-refractivity contribution in [1.82, 2.24) is 9.78 Å². The number of halogens is 4. The average molecular weight is 487 g/mol. The first-order valence-electron chi connectivity index (χ1n) is 10.2. The number of rotatable bonds is 8. The molecule has 0 aliphatic rings. The standard InChI is InChI=1S/C24H17F4N3O4/c1-13(32)14-2-4-16(5-3-14)34-12-17-6-7-21(35-17)24(33)30-15-9-29-31(10-15)11-18-19(25)8-20(26)23(28)22(18)27/h2-10H,11-12H2,1H3,(H,30,33). The number of nitrogens with zero attached hydrogens (tertiary/aromatic N) is 2. The molecule has 4 rings (SSSR count). The van der Waals surface area contributed by atoms with Gasteiger partial charge in [0.25, 0.3) is 5.91 Å². The number of hydrogen-bond donors (Lipinski definition) is 1. The molecular weight excluding hydrogens is 470 g/mol. The average Bonchev–Trinajstić information content (AvgIpc) is 3.49. The van der Waals surface area contributed by atoms with Gasteiger partial charge in [-0.3, -0.25) is 14.3 Å². The number of amides is 1. The van der Waals surface area contributed by atoms with Crippen LogP contribution in [0.4, 0.5) is 23.2 Å². The summed E-state index contributed by atoms with van der Waals surface area (Å²) >= 11 is 0. The topological polar surface area (TPSA) is 86.4 Å². The fourth-order valence-corrected chi connectivity index (χ4v) is 3.14. The summed E-state index contributed by atoms with van der Waals surface area (Å²) in [5, 5.41) is 6.37. The van der Waals surface area contributed by atoms with E-state index in [0.29, 0.717) is 17.1 Å². The van der Waals surface area contributed by atoms with E-state index in [-0.39, 0.29) is 29.9 Å². The Balaban J connectivity index is 1.35. The van der Waals surface area contributed by atoms with Crippen molar-refractivity contribution in [2.75, 3.05) is 5.32 Å². The molecule has 11 heteroatoms. The zero-order valence-electron chi connectivity index (χ0n) is 18.1. The largest absolute Gasteiger partial charge is 0.486 e. The van der Waals surface area contributed by atoms with Crippen LogP contribution < -0.4 is 10.1 Å². The summed E-state index contributed by atoms with van der Waals surface area (Å²) in [6.07, 6.45) is 2.47. The third-order valence-corrected chi connectivity index (χ3v) is 4.95. The number of nitrogens with one attached hydrogen (secondary N) is 1. The molecule has 0 spiro atoms.